The van der Waals surface area contributed by atoms with Gasteiger partial charge in [-0.05, 0) is 17.7 Å². The van der Waals surface area contributed by atoms with Gasteiger partial charge in [0.05, 0.1) is 43.1 Å². The highest BCUT2D eigenvalue weighted by molar-refractivity contribution is 5.82. The summed E-state index contributed by atoms with van der Waals surface area (Å²) in [5.41, 5.74) is 1.09. The van der Waals surface area contributed by atoms with Crippen LogP contribution in [0.2, 0.25) is 0 Å². The average Bonchev–Trinajstić information content (AvgIpc) is 3.45. The fourth-order valence-corrected chi connectivity index (χ4v) is 3.88. The molecule has 1 atom stereocenters. The molecule has 0 radical (unpaired) electrons. The number of para-hydroxylation sites is 1. The molecule has 1 saturated heterocycles. The van der Waals surface area contributed by atoms with Crippen LogP contribution in [0.5, 0.6) is 11.5 Å². The van der Waals surface area contributed by atoms with Gasteiger partial charge in [-0.25, -0.2) is 4.79 Å². The van der Waals surface area contributed by atoms with Crippen LogP contribution in [0.25, 0.3) is 0 Å². The van der Waals surface area contributed by atoms with Gasteiger partial charge in [0, 0.05) is 19.6 Å². The predicted octanol–water partition coefficient (Wildman–Crippen LogP) is -0.180. The Morgan fingerprint density at radius 3 is 2.71 bits per heavy atom. The van der Waals surface area contributed by atoms with Crippen LogP contribution in [-0.4, -0.2) is 75.9 Å². The molecule has 1 unspecified atom stereocenters. The van der Waals surface area contributed by atoms with E-state index < -0.39 is 12.2 Å². The molecule has 1 aromatic heterocycles. The molecule has 1 fully saturated rings. The highest BCUT2D eigenvalue weighted by atomic mass is 16.6. The highest BCUT2D eigenvalue weighted by Gasteiger charge is 2.25. The number of morpholine rings is 1. The van der Waals surface area contributed by atoms with Gasteiger partial charge in [-0.1, -0.05) is 36.4 Å². The van der Waals surface area contributed by atoms with Crippen molar-refractivity contribution in [3.63, 3.8) is 0 Å². The quantitative estimate of drug-likeness (QED) is 0.185. The van der Waals surface area contributed by atoms with Crippen LogP contribution in [0.1, 0.15) is 11.1 Å². The first-order valence-electron chi connectivity index (χ1n) is 13.0. The smallest absolute Gasteiger partial charge is 0.414 e. The minimum absolute atomic E-state index is 0.0363. The second-order valence-corrected chi connectivity index (χ2v) is 9.00. The van der Waals surface area contributed by atoms with Crippen LogP contribution >= 0.6 is 0 Å². The van der Waals surface area contributed by atoms with Crippen molar-refractivity contribution in [3.05, 3.63) is 65.9 Å². The monoisotopic (exact) mass is 565 g/mol. The fraction of sp³-hybridized carbons (Fsp3) is 0.370. The van der Waals surface area contributed by atoms with Gasteiger partial charge >= 0.3 is 12.0 Å². The molecule has 216 valence electrons. The zero-order valence-corrected chi connectivity index (χ0v) is 22.3. The van der Waals surface area contributed by atoms with E-state index in [0.717, 1.165) is 5.56 Å². The van der Waals surface area contributed by atoms with Crippen LogP contribution in [0, 0.1) is 11.3 Å². The van der Waals surface area contributed by atoms with E-state index in [4.69, 9.17) is 18.7 Å². The number of nitrogens with one attached hydrogen (secondary N) is 3. The number of carbonyl (C=O) groups is 2. The molecule has 2 amide bonds. The van der Waals surface area contributed by atoms with Gasteiger partial charge in [0.15, 0.2) is 0 Å². The molecule has 2 aromatic carbocycles. The SMILES string of the molecule is N#Cc1ccccc1OCC(CNCCNC(=O)Cc1ccc([O-])cc1)OC(=O)Nc1c[n+](N2CCOCC2)no1. The molecule has 41 heavy (non-hydrogen) atoms. The first-order chi connectivity index (χ1) is 20.0. The number of hydrogen-bond donors (Lipinski definition) is 3. The number of ether oxygens (including phenoxy) is 3. The number of carbonyl (C=O) groups excluding carboxylic acids is 2. The Kier molecular flexibility index (Phi) is 10.7. The van der Waals surface area contributed by atoms with Crippen LogP contribution in [0.15, 0.2) is 59.3 Å². The third-order valence-corrected chi connectivity index (χ3v) is 5.95. The van der Waals surface area contributed by atoms with Crippen molar-refractivity contribution in [3.8, 4) is 17.6 Å². The molecule has 1 aliphatic rings. The highest BCUT2D eigenvalue weighted by Crippen LogP contribution is 2.17. The van der Waals surface area contributed by atoms with Crippen molar-refractivity contribution in [2.45, 2.75) is 12.5 Å². The summed E-state index contributed by atoms with van der Waals surface area (Å²) in [5.74, 6) is 0.163. The summed E-state index contributed by atoms with van der Waals surface area (Å²) in [6, 6.07) is 14.9. The minimum atomic E-state index is -0.781. The largest absolute Gasteiger partial charge is 0.872 e. The van der Waals surface area contributed by atoms with Crippen molar-refractivity contribution in [1.82, 2.24) is 15.9 Å². The maximum Gasteiger partial charge on any atom is 0.414 e. The van der Waals surface area contributed by atoms with Crippen LogP contribution < -0.4 is 35.6 Å². The van der Waals surface area contributed by atoms with Gasteiger partial charge in [-0.3, -0.25) is 14.6 Å². The summed E-state index contributed by atoms with van der Waals surface area (Å²) >= 11 is 0. The number of amides is 2. The maximum atomic E-state index is 12.6. The van der Waals surface area contributed by atoms with Gasteiger partial charge in [0.1, 0.15) is 24.5 Å². The van der Waals surface area contributed by atoms with Crippen molar-refractivity contribution in [2.24, 2.45) is 0 Å². The van der Waals surface area contributed by atoms with Crippen LogP contribution in [-0.2, 0) is 20.7 Å². The summed E-state index contributed by atoms with van der Waals surface area (Å²) in [5, 5.41) is 34.8. The third kappa shape index (κ3) is 9.38. The summed E-state index contributed by atoms with van der Waals surface area (Å²) in [7, 11) is 0. The fourth-order valence-electron chi connectivity index (χ4n) is 3.88. The molecule has 14 nitrogen and oxygen atoms in total. The topological polar surface area (TPSA) is 178 Å². The second kappa shape index (κ2) is 15.1. The molecule has 0 bridgehead atoms. The van der Waals surface area contributed by atoms with Gasteiger partial charge in [-0.15, -0.1) is 10.8 Å². The zero-order chi connectivity index (χ0) is 28.9. The number of anilines is 1. The maximum absolute atomic E-state index is 12.6. The van der Waals surface area contributed by atoms with E-state index >= 15 is 0 Å². The van der Waals surface area contributed by atoms with Gasteiger partial charge in [-0.2, -0.15) is 5.26 Å². The second-order valence-electron chi connectivity index (χ2n) is 9.00. The number of aromatic nitrogens is 2. The lowest BCUT2D eigenvalue weighted by Crippen LogP contribution is -2.62. The summed E-state index contributed by atoms with van der Waals surface area (Å²) in [6.45, 7) is 3.27. The van der Waals surface area contributed by atoms with E-state index in [-0.39, 0.29) is 37.1 Å². The predicted molar refractivity (Wildman–Crippen MR) is 141 cm³/mol. The number of nitrogens with zero attached hydrogens (tertiary/aromatic N) is 4. The van der Waals surface area contributed by atoms with Crippen LogP contribution in [0.3, 0.4) is 0 Å². The Labute approximate surface area is 236 Å². The van der Waals surface area contributed by atoms with E-state index in [2.05, 4.69) is 27.3 Å². The molecule has 4 rings (SSSR count). The van der Waals surface area contributed by atoms with E-state index in [9.17, 15) is 20.0 Å². The van der Waals surface area contributed by atoms with Crippen molar-refractivity contribution >= 4 is 17.9 Å². The zero-order valence-electron chi connectivity index (χ0n) is 22.3. The van der Waals surface area contributed by atoms with E-state index in [1.807, 2.05) is 5.01 Å². The molecule has 0 aliphatic carbocycles. The first-order valence-corrected chi connectivity index (χ1v) is 13.0. The standard InChI is InChI=1S/C27H31N7O7/c28-16-21-3-1-2-4-24(21)39-19-23(17-29-9-10-30-25(36)15-20-5-7-22(35)8-6-20)40-27(37)31-26-18-34(32-41-26)33-11-13-38-14-12-33/h1-8,18,23,29H,9-15,17,19H2,(H2-,30,31,32,35,36,37). The molecule has 3 aromatic rings. The lowest BCUT2D eigenvalue weighted by molar-refractivity contribution is -0.759. The summed E-state index contributed by atoms with van der Waals surface area (Å²) in [4.78, 5) is 26.3. The molecule has 0 spiro atoms. The summed E-state index contributed by atoms with van der Waals surface area (Å²) in [6.07, 6.45) is 0.150. The Balaban J connectivity index is 1.26. The molecule has 2 heterocycles. The van der Waals surface area contributed by atoms with Crippen molar-refractivity contribution in [1.29, 1.82) is 5.26 Å². The number of nitriles is 1. The van der Waals surface area contributed by atoms with Gasteiger partial charge < -0.3 is 30.0 Å². The van der Waals surface area contributed by atoms with E-state index in [1.54, 1.807) is 36.4 Å². The molecule has 3 N–H and O–H groups in total. The van der Waals surface area contributed by atoms with Crippen LogP contribution in [0.4, 0.5) is 10.7 Å². The van der Waals surface area contributed by atoms with Crippen molar-refractivity contribution < 1.29 is 38.2 Å². The number of benzene rings is 2. The Morgan fingerprint density at radius 1 is 1.15 bits per heavy atom. The molecule has 0 saturated carbocycles. The number of hydrogen-bond acceptors (Lipinski definition) is 11. The van der Waals surface area contributed by atoms with Gasteiger partial charge in [0.25, 0.3) is 6.20 Å². The molecule has 14 heteroatoms. The molecule has 1 aliphatic heterocycles. The third-order valence-electron chi connectivity index (χ3n) is 5.95. The average molecular weight is 566 g/mol. The molecular weight excluding hydrogens is 534 g/mol. The van der Waals surface area contributed by atoms with Crippen molar-refractivity contribution in [2.75, 3.05) is 62.9 Å². The summed E-state index contributed by atoms with van der Waals surface area (Å²) < 4.78 is 21.9. The lowest BCUT2D eigenvalue weighted by atomic mass is 10.1. The molecular formula is C27H31N7O7. The normalized spacial score (nSPS) is 13.6. The van der Waals surface area contributed by atoms with Gasteiger partial charge in [0.2, 0.25) is 11.2 Å². The Hall–Kier alpha value is -4.87. The first kappa shape index (κ1) is 29.1. The Morgan fingerprint density at radius 2 is 1.93 bits per heavy atom. The lowest BCUT2D eigenvalue weighted by Gasteiger charge is -2.19. The van der Waals surface area contributed by atoms with E-state index in [1.165, 1.54) is 23.1 Å². The van der Waals surface area contributed by atoms with E-state index in [0.29, 0.717) is 50.7 Å². The number of rotatable bonds is 13. The minimum Gasteiger partial charge on any atom is -0.872 e. The Bertz CT molecular complexity index is 1320.